The van der Waals surface area contributed by atoms with Crippen LogP contribution in [0.25, 0.3) is 0 Å². The Morgan fingerprint density at radius 3 is 2.83 bits per heavy atom. The lowest BCUT2D eigenvalue weighted by Crippen LogP contribution is -2.11. The van der Waals surface area contributed by atoms with Gasteiger partial charge in [-0.2, -0.15) is 5.26 Å². The number of hydrogen-bond donors (Lipinski definition) is 1. The number of amides is 1. The first-order valence-electron chi connectivity index (χ1n) is 6.84. The van der Waals surface area contributed by atoms with E-state index < -0.39 is 0 Å². The van der Waals surface area contributed by atoms with Gasteiger partial charge in [-0.15, -0.1) is 10.2 Å². The molecule has 0 saturated carbocycles. The van der Waals surface area contributed by atoms with Crippen molar-refractivity contribution in [3.8, 4) is 6.07 Å². The van der Waals surface area contributed by atoms with Crippen molar-refractivity contribution in [2.45, 2.75) is 17.0 Å². The van der Waals surface area contributed by atoms with E-state index in [1.165, 1.54) is 23.1 Å². The SMILES string of the molecule is Cc1cc(C(=O)Nc2nnc(SCc3ccc(C#N)cc3)s2)no1. The van der Waals surface area contributed by atoms with Crippen LogP contribution in [0.3, 0.4) is 0 Å². The fourth-order valence-corrected chi connectivity index (χ4v) is 3.48. The Morgan fingerprint density at radius 1 is 1.38 bits per heavy atom. The summed E-state index contributed by atoms with van der Waals surface area (Å²) < 4.78 is 5.61. The van der Waals surface area contributed by atoms with Crippen molar-refractivity contribution in [3.05, 3.63) is 52.9 Å². The van der Waals surface area contributed by atoms with Gasteiger partial charge in [0.15, 0.2) is 10.0 Å². The van der Waals surface area contributed by atoms with Crippen molar-refractivity contribution < 1.29 is 9.32 Å². The highest BCUT2D eigenvalue weighted by Gasteiger charge is 2.14. The van der Waals surface area contributed by atoms with Gasteiger partial charge >= 0.3 is 0 Å². The molecule has 0 aliphatic carbocycles. The Bertz CT molecular complexity index is 895. The number of carbonyl (C=O) groups excluding carboxylic acids is 1. The van der Waals surface area contributed by atoms with E-state index in [4.69, 9.17) is 9.78 Å². The molecule has 7 nitrogen and oxygen atoms in total. The summed E-state index contributed by atoms with van der Waals surface area (Å²) in [5.41, 5.74) is 1.92. The van der Waals surface area contributed by atoms with Crippen LogP contribution >= 0.6 is 23.1 Å². The van der Waals surface area contributed by atoms with Crippen molar-refractivity contribution >= 4 is 34.1 Å². The molecule has 24 heavy (non-hydrogen) atoms. The van der Waals surface area contributed by atoms with Crippen LogP contribution in [-0.4, -0.2) is 21.3 Å². The zero-order chi connectivity index (χ0) is 16.9. The van der Waals surface area contributed by atoms with Gasteiger partial charge in [-0.3, -0.25) is 10.1 Å². The third-order valence-corrected chi connectivity index (χ3v) is 4.98. The summed E-state index contributed by atoms with van der Waals surface area (Å²) in [4.78, 5) is 11.9. The Labute approximate surface area is 145 Å². The van der Waals surface area contributed by atoms with Crippen LogP contribution < -0.4 is 5.32 Å². The lowest BCUT2D eigenvalue weighted by molar-refractivity contribution is 0.101. The normalized spacial score (nSPS) is 10.3. The number of benzene rings is 1. The molecule has 0 fully saturated rings. The summed E-state index contributed by atoms with van der Waals surface area (Å²) in [5.74, 6) is 0.888. The second-order valence-corrected chi connectivity index (χ2v) is 6.95. The van der Waals surface area contributed by atoms with Crippen LogP contribution in [0.1, 0.15) is 27.4 Å². The van der Waals surface area contributed by atoms with Gasteiger partial charge in [0.05, 0.1) is 11.6 Å². The molecule has 120 valence electrons. The number of nitrogens with zero attached hydrogens (tertiary/aromatic N) is 4. The van der Waals surface area contributed by atoms with Crippen molar-refractivity contribution in [1.82, 2.24) is 15.4 Å². The minimum absolute atomic E-state index is 0.203. The molecule has 0 bridgehead atoms. The smallest absolute Gasteiger partial charge is 0.279 e. The Morgan fingerprint density at radius 2 is 2.17 bits per heavy atom. The summed E-state index contributed by atoms with van der Waals surface area (Å²) in [6, 6.07) is 11.0. The molecule has 2 heterocycles. The van der Waals surface area contributed by atoms with E-state index in [1.54, 1.807) is 25.1 Å². The van der Waals surface area contributed by atoms with Gasteiger partial charge in [0.25, 0.3) is 5.91 Å². The summed E-state index contributed by atoms with van der Waals surface area (Å²) in [6.45, 7) is 1.71. The lowest BCUT2D eigenvalue weighted by atomic mass is 10.2. The maximum absolute atomic E-state index is 11.9. The van der Waals surface area contributed by atoms with E-state index in [0.717, 1.165) is 9.90 Å². The van der Waals surface area contributed by atoms with E-state index in [2.05, 4.69) is 26.7 Å². The molecule has 3 rings (SSSR count). The number of nitriles is 1. The first kappa shape index (κ1) is 16.2. The summed E-state index contributed by atoms with van der Waals surface area (Å²) in [5, 5.41) is 23.5. The average Bonchev–Trinajstić information content (AvgIpc) is 3.22. The molecule has 0 spiro atoms. The zero-order valence-corrected chi connectivity index (χ0v) is 14.1. The fourth-order valence-electron chi connectivity index (χ4n) is 1.77. The number of carbonyl (C=O) groups is 1. The van der Waals surface area contributed by atoms with Gasteiger partial charge in [-0.1, -0.05) is 40.4 Å². The van der Waals surface area contributed by atoms with Gasteiger partial charge in [-0.25, -0.2) is 0 Å². The number of aryl methyl sites for hydroxylation is 1. The summed E-state index contributed by atoms with van der Waals surface area (Å²) in [7, 11) is 0. The molecule has 2 aromatic heterocycles. The predicted molar refractivity (Wildman–Crippen MR) is 89.8 cm³/mol. The summed E-state index contributed by atoms with van der Waals surface area (Å²) >= 11 is 2.80. The van der Waals surface area contributed by atoms with Crippen molar-refractivity contribution in [1.29, 1.82) is 5.26 Å². The zero-order valence-electron chi connectivity index (χ0n) is 12.5. The lowest BCUT2D eigenvalue weighted by Gasteiger charge is -1.98. The largest absolute Gasteiger partial charge is 0.361 e. The van der Waals surface area contributed by atoms with Gasteiger partial charge in [0.2, 0.25) is 5.13 Å². The molecular formula is C15H11N5O2S2. The first-order chi connectivity index (χ1) is 11.6. The molecule has 0 aliphatic rings. The van der Waals surface area contributed by atoms with Crippen LogP contribution in [0.2, 0.25) is 0 Å². The van der Waals surface area contributed by atoms with Crippen LogP contribution in [0, 0.1) is 18.3 Å². The van der Waals surface area contributed by atoms with Crippen molar-refractivity contribution in [3.63, 3.8) is 0 Å². The molecule has 3 aromatic rings. The Hall–Kier alpha value is -2.70. The monoisotopic (exact) mass is 357 g/mol. The van der Waals surface area contributed by atoms with Crippen molar-refractivity contribution in [2.75, 3.05) is 5.32 Å². The van der Waals surface area contributed by atoms with E-state index in [9.17, 15) is 4.79 Å². The van der Waals surface area contributed by atoms with E-state index in [-0.39, 0.29) is 11.6 Å². The first-order valence-corrected chi connectivity index (χ1v) is 8.64. The number of aromatic nitrogens is 3. The Balaban J connectivity index is 1.57. The predicted octanol–water partition coefficient (Wildman–Crippen LogP) is 3.25. The Kier molecular flexibility index (Phi) is 4.88. The fraction of sp³-hybridized carbons (Fsp3) is 0.133. The van der Waals surface area contributed by atoms with E-state index in [1.807, 2.05) is 12.1 Å². The van der Waals surface area contributed by atoms with Crippen molar-refractivity contribution in [2.24, 2.45) is 0 Å². The number of thioether (sulfide) groups is 1. The number of nitrogens with one attached hydrogen (secondary N) is 1. The highest BCUT2D eigenvalue weighted by Crippen LogP contribution is 2.28. The van der Waals surface area contributed by atoms with Gasteiger partial charge in [0.1, 0.15) is 5.76 Å². The maximum Gasteiger partial charge on any atom is 0.279 e. The van der Waals surface area contributed by atoms with Crippen LogP contribution in [0.4, 0.5) is 5.13 Å². The number of anilines is 1. The molecule has 1 N–H and O–H groups in total. The topological polar surface area (TPSA) is 105 Å². The minimum atomic E-state index is -0.383. The summed E-state index contributed by atoms with van der Waals surface area (Å²) in [6.07, 6.45) is 0. The number of hydrogen-bond acceptors (Lipinski definition) is 8. The van der Waals surface area contributed by atoms with Crippen LogP contribution in [-0.2, 0) is 5.75 Å². The number of rotatable bonds is 5. The van der Waals surface area contributed by atoms with Crippen LogP contribution in [0.15, 0.2) is 39.2 Å². The third kappa shape index (κ3) is 3.98. The molecule has 0 radical (unpaired) electrons. The molecule has 1 aromatic carbocycles. The molecule has 9 heteroatoms. The molecule has 0 unspecified atom stereocenters. The van der Waals surface area contributed by atoms with Crippen LogP contribution in [0.5, 0.6) is 0 Å². The van der Waals surface area contributed by atoms with Gasteiger partial charge in [-0.05, 0) is 24.6 Å². The quantitative estimate of drug-likeness (QED) is 0.552. The highest BCUT2D eigenvalue weighted by molar-refractivity contribution is 8.00. The second-order valence-electron chi connectivity index (χ2n) is 4.75. The third-order valence-electron chi connectivity index (χ3n) is 2.93. The van der Waals surface area contributed by atoms with E-state index in [0.29, 0.717) is 22.2 Å². The highest BCUT2D eigenvalue weighted by atomic mass is 32.2. The standard InChI is InChI=1S/C15H11N5O2S2/c1-9-6-12(20-22-9)13(21)17-14-18-19-15(24-14)23-8-11-4-2-10(7-16)3-5-11/h2-6H,8H2,1H3,(H,17,18,21). The minimum Gasteiger partial charge on any atom is -0.361 e. The molecular weight excluding hydrogens is 346 g/mol. The second kappa shape index (κ2) is 7.25. The molecule has 1 amide bonds. The molecule has 0 atom stereocenters. The average molecular weight is 357 g/mol. The van der Waals surface area contributed by atoms with Gasteiger partial charge < -0.3 is 4.52 Å². The molecule has 0 saturated heterocycles. The molecule has 0 aliphatic heterocycles. The van der Waals surface area contributed by atoms with Gasteiger partial charge in [0, 0.05) is 11.8 Å². The maximum atomic E-state index is 11.9. The van der Waals surface area contributed by atoms with E-state index >= 15 is 0 Å².